The molecule has 150 valence electrons. The van der Waals surface area contributed by atoms with Crippen molar-refractivity contribution in [1.82, 2.24) is 0 Å². The molecule has 0 fully saturated rings. The van der Waals surface area contributed by atoms with Gasteiger partial charge in [0.15, 0.2) is 9.84 Å². The van der Waals surface area contributed by atoms with Crippen molar-refractivity contribution < 1.29 is 18.0 Å². The number of nitrogens with one attached hydrogen (secondary N) is 2. The number of amides is 2. The number of rotatable bonds is 9. The summed E-state index contributed by atoms with van der Waals surface area (Å²) in [5, 5.41) is 5.35. The van der Waals surface area contributed by atoms with Crippen molar-refractivity contribution in [2.75, 3.05) is 22.1 Å². The Kier molecular flexibility index (Phi) is 7.75. The molecule has 0 aromatic heterocycles. The molecule has 2 N–H and O–H groups in total. The molecule has 0 atom stereocenters. The molecule has 0 aliphatic carbocycles. The molecule has 0 bridgehead atoms. The van der Waals surface area contributed by atoms with E-state index >= 15 is 0 Å². The Morgan fingerprint density at radius 2 is 1.68 bits per heavy atom. The number of sulfone groups is 1. The van der Waals surface area contributed by atoms with E-state index in [4.69, 9.17) is 0 Å². The van der Waals surface area contributed by atoms with Crippen molar-refractivity contribution in [3.63, 3.8) is 0 Å². The van der Waals surface area contributed by atoms with Gasteiger partial charge < -0.3 is 10.6 Å². The average molecular weight is 403 g/mol. The van der Waals surface area contributed by atoms with Crippen LogP contribution in [0.5, 0.6) is 0 Å². The molecule has 0 aliphatic heterocycles. The predicted octanol–water partition coefficient (Wildman–Crippen LogP) is 3.33. The quantitative estimate of drug-likeness (QED) is 0.673. The maximum absolute atomic E-state index is 12.2. The van der Waals surface area contributed by atoms with E-state index in [1.54, 1.807) is 32.0 Å². The van der Waals surface area contributed by atoms with Crippen LogP contribution in [0.25, 0.3) is 0 Å². The van der Waals surface area contributed by atoms with Crippen molar-refractivity contribution in [2.45, 2.75) is 33.1 Å². The van der Waals surface area contributed by atoms with Crippen molar-refractivity contribution in [3.05, 3.63) is 59.7 Å². The van der Waals surface area contributed by atoms with Crippen LogP contribution in [0.3, 0.4) is 0 Å². The number of hydrogen-bond acceptors (Lipinski definition) is 4. The SMILES string of the molecule is CCC(=O)Nc1ccc(C)c(NC(=O)CS(=O)(=O)CCCc2ccccc2)c1. The minimum atomic E-state index is -3.50. The van der Waals surface area contributed by atoms with Crippen LogP contribution in [-0.2, 0) is 25.8 Å². The summed E-state index contributed by atoms with van der Waals surface area (Å²) < 4.78 is 24.5. The lowest BCUT2D eigenvalue weighted by molar-refractivity contribution is -0.116. The minimum absolute atomic E-state index is 0.0408. The molecule has 0 aliphatic rings. The smallest absolute Gasteiger partial charge is 0.239 e. The normalized spacial score (nSPS) is 11.1. The van der Waals surface area contributed by atoms with Gasteiger partial charge in [-0.1, -0.05) is 43.3 Å². The molecular formula is C21H26N2O4S. The van der Waals surface area contributed by atoms with Crippen molar-refractivity contribution >= 4 is 33.0 Å². The summed E-state index contributed by atoms with van der Waals surface area (Å²) in [5.41, 5.74) is 2.89. The first-order chi connectivity index (χ1) is 13.3. The van der Waals surface area contributed by atoms with E-state index in [-0.39, 0.29) is 11.7 Å². The van der Waals surface area contributed by atoms with Gasteiger partial charge >= 0.3 is 0 Å². The maximum atomic E-state index is 12.2. The third-order valence-corrected chi connectivity index (χ3v) is 5.84. The standard InChI is InChI=1S/C21H26N2O4S/c1-3-20(24)22-18-12-11-16(2)19(14-18)23-21(25)15-28(26,27)13-7-10-17-8-5-4-6-9-17/h4-6,8-9,11-12,14H,3,7,10,13,15H2,1-2H3,(H,22,24)(H,23,25). The first-order valence-corrected chi connectivity index (χ1v) is 11.1. The molecule has 0 saturated heterocycles. The Morgan fingerprint density at radius 3 is 2.36 bits per heavy atom. The van der Waals surface area contributed by atoms with Crippen LogP contribution in [0.15, 0.2) is 48.5 Å². The Morgan fingerprint density at radius 1 is 0.964 bits per heavy atom. The summed E-state index contributed by atoms with van der Waals surface area (Å²) in [5.74, 6) is -1.32. The zero-order chi connectivity index (χ0) is 20.6. The fraction of sp³-hybridized carbons (Fsp3) is 0.333. The molecule has 2 aromatic rings. The number of benzene rings is 2. The molecule has 2 amide bonds. The number of anilines is 2. The Labute approximate surface area is 166 Å². The van der Waals surface area contributed by atoms with Crippen molar-refractivity contribution in [2.24, 2.45) is 0 Å². The maximum Gasteiger partial charge on any atom is 0.239 e. The van der Waals surface area contributed by atoms with Crippen molar-refractivity contribution in [3.8, 4) is 0 Å². The van der Waals surface area contributed by atoms with E-state index in [1.807, 2.05) is 30.3 Å². The summed E-state index contributed by atoms with van der Waals surface area (Å²) in [4.78, 5) is 23.7. The highest BCUT2D eigenvalue weighted by Gasteiger charge is 2.17. The van der Waals surface area contributed by atoms with Crippen molar-refractivity contribution in [1.29, 1.82) is 0 Å². The van der Waals surface area contributed by atoms with Gasteiger partial charge in [0, 0.05) is 17.8 Å². The zero-order valence-corrected chi connectivity index (χ0v) is 17.0. The molecular weight excluding hydrogens is 376 g/mol. The topological polar surface area (TPSA) is 92.3 Å². The molecule has 2 aromatic carbocycles. The highest BCUT2D eigenvalue weighted by molar-refractivity contribution is 7.92. The fourth-order valence-electron chi connectivity index (χ4n) is 2.68. The second-order valence-electron chi connectivity index (χ2n) is 6.66. The second kappa shape index (κ2) is 10.0. The lowest BCUT2D eigenvalue weighted by Crippen LogP contribution is -2.25. The molecule has 0 spiro atoms. The van der Waals surface area contributed by atoms with E-state index in [0.29, 0.717) is 30.6 Å². The van der Waals surface area contributed by atoms with E-state index < -0.39 is 21.5 Å². The largest absolute Gasteiger partial charge is 0.326 e. The van der Waals surface area contributed by atoms with Gasteiger partial charge in [-0.3, -0.25) is 9.59 Å². The van der Waals surface area contributed by atoms with Gasteiger partial charge in [-0.25, -0.2) is 8.42 Å². The number of hydrogen-bond donors (Lipinski definition) is 2. The van der Waals surface area contributed by atoms with Crippen LogP contribution in [0.4, 0.5) is 11.4 Å². The lowest BCUT2D eigenvalue weighted by Gasteiger charge is -2.11. The molecule has 6 nitrogen and oxygen atoms in total. The molecule has 0 radical (unpaired) electrons. The number of carbonyl (C=O) groups is 2. The summed E-state index contributed by atoms with van der Waals surface area (Å²) in [6.07, 6.45) is 1.47. The van der Waals surface area contributed by atoms with E-state index in [1.165, 1.54) is 0 Å². The molecule has 7 heteroatoms. The van der Waals surface area contributed by atoms with Crippen LogP contribution in [0.1, 0.15) is 30.9 Å². The van der Waals surface area contributed by atoms with Crippen LogP contribution in [0.2, 0.25) is 0 Å². The van der Waals surface area contributed by atoms with E-state index in [0.717, 1.165) is 11.1 Å². The Bertz CT molecular complexity index is 925. The molecule has 0 heterocycles. The first-order valence-electron chi connectivity index (χ1n) is 9.24. The van der Waals surface area contributed by atoms with E-state index in [9.17, 15) is 18.0 Å². The fourth-order valence-corrected chi connectivity index (χ4v) is 3.88. The van der Waals surface area contributed by atoms with E-state index in [2.05, 4.69) is 10.6 Å². The minimum Gasteiger partial charge on any atom is -0.326 e. The zero-order valence-electron chi connectivity index (χ0n) is 16.2. The predicted molar refractivity (Wildman–Crippen MR) is 112 cm³/mol. The Balaban J connectivity index is 1.91. The van der Waals surface area contributed by atoms with Gasteiger partial charge in [-0.15, -0.1) is 0 Å². The summed E-state index contributed by atoms with van der Waals surface area (Å²) in [6, 6.07) is 14.8. The second-order valence-corrected chi connectivity index (χ2v) is 8.84. The summed E-state index contributed by atoms with van der Waals surface area (Å²) in [7, 11) is -3.50. The molecule has 0 unspecified atom stereocenters. The highest BCUT2D eigenvalue weighted by Crippen LogP contribution is 2.20. The van der Waals surface area contributed by atoms with Crippen LogP contribution >= 0.6 is 0 Å². The number of carbonyl (C=O) groups excluding carboxylic acids is 2. The van der Waals surface area contributed by atoms with Crippen LogP contribution in [0, 0.1) is 6.92 Å². The van der Waals surface area contributed by atoms with Gasteiger partial charge in [0.05, 0.1) is 5.75 Å². The van der Waals surface area contributed by atoms with Gasteiger partial charge in [-0.2, -0.15) is 0 Å². The molecule has 0 saturated carbocycles. The molecule has 2 rings (SSSR count). The van der Waals surface area contributed by atoms with Gasteiger partial charge in [-0.05, 0) is 43.0 Å². The van der Waals surface area contributed by atoms with Gasteiger partial charge in [0.1, 0.15) is 5.75 Å². The lowest BCUT2D eigenvalue weighted by atomic mass is 10.1. The monoisotopic (exact) mass is 402 g/mol. The number of aryl methyl sites for hydroxylation is 2. The average Bonchev–Trinajstić information content (AvgIpc) is 2.64. The molecule has 28 heavy (non-hydrogen) atoms. The summed E-state index contributed by atoms with van der Waals surface area (Å²) in [6.45, 7) is 3.55. The first kappa shape index (κ1) is 21.6. The third-order valence-electron chi connectivity index (χ3n) is 4.23. The third kappa shape index (κ3) is 7.15. The highest BCUT2D eigenvalue weighted by atomic mass is 32.2. The van der Waals surface area contributed by atoms with Gasteiger partial charge in [0.25, 0.3) is 0 Å². The van der Waals surface area contributed by atoms with Gasteiger partial charge in [0.2, 0.25) is 11.8 Å². The van der Waals surface area contributed by atoms with Crippen LogP contribution < -0.4 is 10.6 Å². The van der Waals surface area contributed by atoms with Crippen LogP contribution in [-0.4, -0.2) is 31.7 Å². The Hall–Kier alpha value is -2.67. The summed E-state index contributed by atoms with van der Waals surface area (Å²) >= 11 is 0.